The zero-order chi connectivity index (χ0) is 17.9. The second-order valence-electron chi connectivity index (χ2n) is 7.74. The SMILES string of the molecule is O=C(CC1CCCC1)N1CCC[C@H](c2[nH]ncc2-c2ccc(Cl)cc2)C1. The first-order valence-electron chi connectivity index (χ1n) is 9.77. The lowest BCUT2D eigenvalue weighted by Crippen LogP contribution is -2.39. The second-order valence-corrected chi connectivity index (χ2v) is 8.17. The third-order valence-corrected chi connectivity index (χ3v) is 6.20. The second kappa shape index (κ2) is 7.83. The minimum atomic E-state index is 0.324. The number of H-pyrrole nitrogens is 1. The number of benzene rings is 1. The van der Waals surface area contributed by atoms with Gasteiger partial charge >= 0.3 is 0 Å². The van der Waals surface area contributed by atoms with Gasteiger partial charge in [-0.1, -0.05) is 36.6 Å². The Morgan fingerprint density at radius 3 is 2.69 bits per heavy atom. The molecule has 4 rings (SSSR count). The third-order valence-electron chi connectivity index (χ3n) is 5.94. The molecule has 2 aliphatic rings. The van der Waals surface area contributed by atoms with Crippen LogP contribution in [0.2, 0.25) is 5.02 Å². The lowest BCUT2D eigenvalue weighted by atomic mass is 9.90. The van der Waals surface area contributed by atoms with Crippen LogP contribution in [0.3, 0.4) is 0 Å². The highest BCUT2D eigenvalue weighted by Gasteiger charge is 2.29. The molecule has 1 aromatic heterocycles. The van der Waals surface area contributed by atoms with Crippen LogP contribution in [0.1, 0.15) is 56.6 Å². The molecule has 5 heteroatoms. The molecule has 1 saturated carbocycles. The number of hydrogen-bond donors (Lipinski definition) is 1. The molecule has 0 unspecified atom stereocenters. The molecule has 2 aromatic rings. The lowest BCUT2D eigenvalue weighted by Gasteiger charge is -2.33. The van der Waals surface area contributed by atoms with E-state index in [1.165, 1.54) is 25.7 Å². The van der Waals surface area contributed by atoms with E-state index in [9.17, 15) is 4.79 Å². The fourth-order valence-corrected chi connectivity index (χ4v) is 4.62. The number of aromatic amines is 1. The summed E-state index contributed by atoms with van der Waals surface area (Å²) in [5.41, 5.74) is 3.38. The molecule has 4 nitrogen and oxygen atoms in total. The smallest absolute Gasteiger partial charge is 0.222 e. The summed E-state index contributed by atoms with van der Waals surface area (Å²) in [5, 5.41) is 8.22. The fraction of sp³-hybridized carbons (Fsp3) is 0.524. The highest BCUT2D eigenvalue weighted by atomic mass is 35.5. The molecule has 2 fully saturated rings. The van der Waals surface area contributed by atoms with Crippen molar-refractivity contribution in [3.63, 3.8) is 0 Å². The number of likely N-dealkylation sites (tertiary alicyclic amines) is 1. The highest BCUT2D eigenvalue weighted by molar-refractivity contribution is 6.30. The zero-order valence-electron chi connectivity index (χ0n) is 15.1. The predicted octanol–water partition coefficient (Wildman–Crippen LogP) is 5.02. The van der Waals surface area contributed by atoms with Crippen molar-refractivity contribution in [2.24, 2.45) is 5.92 Å². The van der Waals surface area contributed by atoms with Gasteiger partial charge in [-0.2, -0.15) is 5.10 Å². The standard InChI is InChI=1S/C21H26ClN3O/c22-18-9-7-16(8-10-18)19-13-23-24-21(19)17-6-3-11-25(14-17)20(26)12-15-4-1-2-5-15/h7-10,13,15,17H,1-6,11-12,14H2,(H,23,24)/t17-/m0/s1. The maximum atomic E-state index is 12.7. The number of amides is 1. The number of piperidine rings is 1. The summed E-state index contributed by atoms with van der Waals surface area (Å²) in [7, 11) is 0. The third kappa shape index (κ3) is 3.80. The minimum absolute atomic E-state index is 0.324. The van der Waals surface area contributed by atoms with Gasteiger partial charge in [-0.05, 0) is 49.3 Å². The van der Waals surface area contributed by atoms with E-state index in [0.29, 0.717) is 17.7 Å². The maximum absolute atomic E-state index is 12.7. The Bertz CT molecular complexity index is 749. The zero-order valence-corrected chi connectivity index (χ0v) is 15.8. The molecule has 0 bridgehead atoms. The molecule has 0 radical (unpaired) electrons. The molecular formula is C21H26ClN3O. The van der Waals surface area contributed by atoms with Crippen LogP contribution >= 0.6 is 11.6 Å². The van der Waals surface area contributed by atoms with Gasteiger partial charge in [0.1, 0.15) is 0 Å². The monoisotopic (exact) mass is 371 g/mol. The number of aromatic nitrogens is 2. The average molecular weight is 372 g/mol. The molecule has 1 atom stereocenters. The molecule has 1 amide bonds. The van der Waals surface area contributed by atoms with Gasteiger partial charge in [0.25, 0.3) is 0 Å². The Morgan fingerprint density at radius 1 is 1.15 bits per heavy atom. The summed E-state index contributed by atoms with van der Waals surface area (Å²) in [6.07, 6.45) is 9.81. The van der Waals surface area contributed by atoms with Crippen molar-refractivity contribution in [1.82, 2.24) is 15.1 Å². The number of carbonyl (C=O) groups excluding carboxylic acids is 1. The first-order chi connectivity index (χ1) is 12.7. The van der Waals surface area contributed by atoms with Crippen LogP contribution in [-0.2, 0) is 4.79 Å². The van der Waals surface area contributed by atoms with Crippen molar-refractivity contribution in [3.05, 3.63) is 41.2 Å². The Hall–Kier alpha value is -1.81. The van der Waals surface area contributed by atoms with Gasteiger partial charge in [-0.3, -0.25) is 9.89 Å². The number of hydrogen-bond acceptors (Lipinski definition) is 2. The summed E-state index contributed by atoms with van der Waals surface area (Å²) in [6, 6.07) is 7.88. The van der Waals surface area contributed by atoms with E-state index < -0.39 is 0 Å². The molecule has 26 heavy (non-hydrogen) atoms. The predicted molar refractivity (Wildman–Crippen MR) is 104 cm³/mol. The summed E-state index contributed by atoms with van der Waals surface area (Å²) >= 11 is 6.02. The van der Waals surface area contributed by atoms with Gasteiger partial charge < -0.3 is 4.90 Å². The number of nitrogens with zero attached hydrogens (tertiary/aromatic N) is 2. The Kier molecular flexibility index (Phi) is 5.30. The van der Waals surface area contributed by atoms with Crippen molar-refractivity contribution < 1.29 is 4.79 Å². The van der Waals surface area contributed by atoms with Gasteiger partial charge in [-0.15, -0.1) is 0 Å². The van der Waals surface area contributed by atoms with Gasteiger partial charge in [0.05, 0.1) is 6.20 Å². The molecule has 1 aromatic carbocycles. The van der Waals surface area contributed by atoms with E-state index in [-0.39, 0.29) is 0 Å². The number of nitrogens with one attached hydrogen (secondary N) is 1. The Balaban J connectivity index is 1.47. The van der Waals surface area contributed by atoms with E-state index in [1.54, 1.807) is 0 Å². The summed E-state index contributed by atoms with van der Waals surface area (Å²) in [6.45, 7) is 1.70. The normalized spacial score (nSPS) is 21.3. The lowest BCUT2D eigenvalue weighted by molar-refractivity contribution is -0.133. The first-order valence-corrected chi connectivity index (χ1v) is 10.2. The number of rotatable bonds is 4. The maximum Gasteiger partial charge on any atom is 0.222 e. The van der Waals surface area contributed by atoms with Crippen LogP contribution in [0.5, 0.6) is 0 Å². The van der Waals surface area contributed by atoms with E-state index in [4.69, 9.17) is 11.6 Å². The van der Waals surface area contributed by atoms with Crippen LogP contribution in [0, 0.1) is 5.92 Å². The van der Waals surface area contributed by atoms with Crippen molar-refractivity contribution in [3.8, 4) is 11.1 Å². The van der Waals surface area contributed by atoms with Crippen molar-refractivity contribution >= 4 is 17.5 Å². The van der Waals surface area contributed by atoms with Crippen LogP contribution in [0.15, 0.2) is 30.5 Å². The summed E-state index contributed by atoms with van der Waals surface area (Å²) in [4.78, 5) is 14.8. The first kappa shape index (κ1) is 17.6. The van der Waals surface area contributed by atoms with Crippen LogP contribution in [-0.4, -0.2) is 34.1 Å². The van der Waals surface area contributed by atoms with Gasteiger partial charge in [0.2, 0.25) is 5.91 Å². The molecule has 1 saturated heterocycles. The van der Waals surface area contributed by atoms with Crippen LogP contribution in [0.25, 0.3) is 11.1 Å². The molecule has 1 aliphatic heterocycles. The fourth-order valence-electron chi connectivity index (χ4n) is 4.50. The molecule has 2 heterocycles. The van der Waals surface area contributed by atoms with Gasteiger partial charge in [-0.25, -0.2) is 0 Å². The number of carbonyl (C=O) groups is 1. The molecule has 1 aliphatic carbocycles. The quantitative estimate of drug-likeness (QED) is 0.820. The van der Waals surface area contributed by atoms with E-state index in [1.807, 2.05) is 30.5 Å². The topological polar surface area (TPSA) is 49.0 Å². The van der Waals surface area contributed by atoms with Crippen LogP contribution < -0.4 is 0 Å². The average Bonchev–Trinajstić information content (AvgIpc) is 3.34. The Labute approximate surface area is 159 Å². The Morgan fingerprint density at radius 2 is 1.92 bits per heavy atom. The van der Waals surface area contributed by atoms with Crippen molar-refractivity contribution in [1.29, 1.82) is 0 Å². The molecule has 138 valence electrons. The van der Waals surface area contributed by atoms with Crippen LogP contribution in [0.4, 0.5) is 0 Å². The van der Waals surface area contributed by atoms with Gasteiger partial charge in [0.15, 0.2) is 0 Å². The minimum Gasteiger partial charge on any atom is -0.342 e. The number of halogens is 1. The molecular weight excluding hydrogens is 346 g/mol. The van der Waals surface area contributed by atoms with E-state index in [0.717, 1.165) is 54.2 Å². The highest BCUT2D eigenvalue weighted by Crippen LogP contribution is 2.34. The largest absolute Gasteiger partial charge is 0.342 e. The van der Waals surface area contributed by atoms with E-state index >= 15 is 0 Å². The molecule has 0 spiro atoms. The summed E-state index contributed by atoms with van der Waals surface area (Å²) < 4.78 is 0. The molecule has 1 N–H and O–H groups in total. The van der Waals surface area contributed by atoms with E-state index in [2.05, 4.69) is 15.1 Å². The van der Waals surface area contributed by atoms with Gasteiger partial charge in [0, 0.05) is 41.7 Å². The van der Waals surface area contributed by atoms with Crippen molar-refractivity contribution in [2.45, 2.75) is 50.9 Å². The summed E-state index contributed by atoms with van der Waals surface area (Å²) in [5.74, 6) is 1.28. The van der Waals surface area contributed by atoms with Crippen molar-refractivity contribution in [2.75, 3.05) is 13.1 Å².